The molecule has 0 unspecified atom stereocenters. The summed E-state index contributed by atoms with van der Waals surface area (Å²) in [5, 5.41) is 5.54. The van der Waals surface area contributed by atoms with Crippen LogP contribution in [0, 0.1) is 0 Å². The average molecular weight is 451 g/mol. The van der Waals surface area contributed by atoms with Crippen LogP contribution in [-0.4, -0.2) is 30.2 Å². The van der Waals surface area contributed by atoms with Gasteiger partial charge in [-0.15, -0.1) is 0 Å². The molecule has 0 fully saturated rings. The second-order valence-corrected chi connectivity index (χ2v) is 6.78. The Balaban J connectivity index is 1.78. The summed E-state index contributed by atoms with van der Waals surface area (Å²) in [6.45, 7) is 2.16. The number of thiocarbonyl (C=S) groups is 1. The average Bonchev–Trinajstić information content (AvgIpc) is 2.66. The van der Waals surface area contributed by atoms with Crippen molar-refractivity contribution in [3.63, 3.8) is 0 Å². The van der Waals surface area contributed by atoms with Gasteiger partial charge in [0.15, 0.2) is 11.7 Å². The third kappa shape index (κ3) is 7.36. The van der Waals surface area contributed by atoms with Crippen LogP contribution in [0.2, 0.25) is 0 Å². The number of hydrogen-bond donors (Lipinski definition) is 2. The molecule has 8 heteroatoms. The van der Waals surface area contributed by atoms with Crippen molar-refractivity contribution in [2.45, 2.75) is 13.3 Å². The van der Waals surface area contributed by atoms with E-state index >= 15 is 0 Å². The number of hydrogen-bond acceptors (Lipinski definition) is 5. The number of rotatable bonds is 7. The van der Waals surface area contributed by atoms with Crippen molar-refractivity contribution in [3.05, 3.63) is 58.6 Å². The lowest BCUT2D eigenvalue weighted by molar-refractivity contribution is -0.121. The molecule has 2 aromatic carbocycles. The van der Waals surface area contributed by atoms with E-state index in [-0.39, 0.29) is 23.6 Å². The molecule has 0 radical (unpaired) electrons. The van der Waals surface area contributed by atoms with Crippen LogP contribution in [0.5, 0.6) is 5.75 Å². The van der Waals surface area contributed by atoms with Gasteiger partial charge in [-0.1, -0.05) is 22.9 Å². The summed E-state index contributed by atoms with van der Waals surface area (Å²) < 4.78 is 11.4. The minimum atomic E-state index is -0.379. The van der Waals surface area contributed by atoms with E-state index in [0.717, 1.165) is 10.9 Å². The van der Waals surface area contributed by atoms with Gasteiger partial charge in [0.2, 0.25) is 0 Å². The zero-order valence-electron chi connectivity index (χ0n) is 14.7. The number of amides is 1. The van der Waals surface area contributed by atoms with Crippen LogP contribution in [0.15, 0.2) is 53.0 Å². The third-order valence-corrected chi connectivity index (χ3v) is 3.99. The molecule has 2 aromatic rings. The number of carbonyl (C=O) groups excluding carboxylic acids is 2. The van der Waals surface area contributed by atoms with Crippen LogP contribution in [0.3, 0.4) is 0 Å². The second-order valence-electron chi connectivity index (χ2n) is 5.46. The number of carbonyl (C=O) groups is 2. The lowest BCUT2D eigenvalue weighted by atomic mass is 10.2. The number of halogens is 1. The Kier molecular flexibility index (Phi) is 8.22. The molecule has 142 valence electrons. The van der Waals surface area contributed by atoms with E-state index in [1.165, 1.54) is 0 Å². The fourth-order valence-corrected chi connectivity index (χ4v) is 2.47. The molecule has 0 bridgehead atoms. The Labute approximate surface area is 171 Å². The molecule has 0 spiro atoms. The predicted octanol–water partition coefficient (Wildman–Crippen LogP) is 3.91. The Morgan fingerprint density at radius 1 is 1.07 bits per heavy atom. The van der Waals surface area contributed by atoms with Gasteiger partial charge in [0.25, 0.3) is 5.91 Å². The summed E-state index contributed by atoms with van der Waals surface area (Å²) >= 11 is 8.43. The molecule has 0 saturated heterocycles. The molecular weight excluding hydrogens is 432 g/mol. The van der Waals surface area contributed by atoms with Crippen molar-refractivity contribution in [1.29, 1.82) is 0 Å². The molecular formula is C19H19BrN2O4S. The van der Waals surface area contributed by atoms with Gasteiger partial charge in [-0.3, -0.25) is 10.1 Å². The van der Waals surface area contributed by atoms with Gasteiger partial charge in [0.05, 0.1) is 12.2 Å². The Morgan fingerprint density at radius 2 is 1.74 bits per heavy atom. The topological polar surface area (TPSA) is 76.7 Å². The first-order valence-corrected chi connectivity index (χ1v) is 9.44. The summed E-state index contributed by atoms with van der Waals surface area (Å²) in [7, 11) is 0. The van der Waals surface area contributed by atoms with Crippen molar-refractivity contribution in [1.82, 2.24) is 5.32 Å². The van der Waals surface area contributed by atoms with Gasteiger partial charge in [-0.25, -0.2) is 4.79 Å². The van der Waals surface area contributed by atoms with Crippen LogP contribution in [0.4, 0.5) is 5.69 Å². The highest BCUT2D eigenvalue weighted by atomic mass is 79.9. The molecule has 0 saturated carbocycles. The highest BCUT2D eigenvalue weighted by Crippen LogP contribution is 2.16. The largest absolute Gasteiger partial charge is 0.484 e. The normalized spacial score (nSPS) is 10.0. The minimum Gasteiger partial charge on any atom is -0.484 e. The maximum Gasteiger partial charge on any atom is 0.338 e. The molecule has 2 N–H and O–H groups in total. The summed E-state index contributed by atoms with van der Waals surface area (Å²) in [6, 6.07) is 13.8. The Bertz CT molecular complexity index is 794. The van der Waals surface area contributed by atoms with E-state index in [1.807, 2.05) is 19.1 Å². The van der Waals surface area contributed by atoms with Crippen LogP contribution >= 0.6 is 28.1 Å². The first-order chi connectivity index (χ1) is 13.0. The van der Waals surface area contributed by atoms with Crippen LogP contribution in [-0.2, 0) is 9.53 Å². The van der Waals surface area contributed by atoms with Gasteiger partial charge < -0.3 is 14.8 Å². The van der Waals surface area contributed by atoms with Gasteiger partial charge in [0, 0.05) is 10.2 Å². The van der Waals surface area contributed by atoms with Crippen molar-refractivity contribution in [2.24, 2.45) is 0 Å². The van der Waals surface area contributed by atoms with E-state index in [2.05, 4.69) is 26.6 Å². The number of benzene rings is 2. The summed E-state index contributed by atoms with van der Waals surface area (Å²) in [4.78, 5) is 23.6. The standard InChI is InChI=1S/C19H19BrN2O4S/c1-2-11-25-18(24)13-3-7-15(8-4-13)21-19(27)22-17(23)12-26-16-9-5-14(20)6-10-16/h3-10H,2,11-12H2,1H3,(H2,21,22,23,27). The lowest BCUT2D eigenvalue weighted by Gasteiger charge is -2.11. The van der Waals surface area contributed by atoms with Crippen LogP contribution in [0.1, 0.15) is 23.7 Å². The fourth-order valence-electron chi connectivity index (χ4n) is 1.97. The zero-order chi connectivity index (χ0) is 19.6. The van der Waals surface area contributed by atoms with Crippen molar-refractivity contribution in [3.8, 4) is 5.75 Å². The molecule has 0 heterocycles. The molecule has 0 aliphatic rings. The molecule has 6 nitrogen and oxygen atoms in total. The van der Waals surface area contributed by atoms with E-state index in [1.54, 1.807) is 36.4 Å². The molecule has 0 aromatic heterocycles. The summed E-state index contributed by atoms with van der Waals surface area (Å²) in [6.07, 6.45) is 0.769. The van der Waals surface area contributed by atoms with Gasteiger partial charge in [-0.2, -0.15) is 0 Å². The van der Waals surface area contributed by atoms with E-state index in [0.29, 0.717) is 23.6 Å². The zero-order valence-corrected chi connectivity index (χ0v) is 17.1. The quantitative estimate of drug-likeness (QED) is 0.491. The highest BCUT2D eigenvalue weighted by molar-refractivity contribution is 9.10. The van der Waals surface area contributed by atoms with Crippen molar-refractivity contribution in [2.75, 3.05) is 18.5 Å². The second kappa shape index (κ2) is 10.6. The first kappa shape index (κ1) is 20.9. The van der Waals surface area contributed by atoms with Gasteiger partial charge >= 0.3 is 5.97 Å². The molecule has 0 atom stereocenters. The first-order valence-electron chi connectivity index (χ1n) is 8.24. The smallest absolute Gasteiger partial charge is 0.338 e. The summed E-state index contributed by atoms with van der Waals surface area (Å²) in [5.41, 5.74) is 1.09. The van der Waals surface area contributed by atoms with Gasteiger partial charge in [0.1, 0.15) is 5.75 Å². The molecule has 0 aliphatic heterocycles. The van der Waals surface area contributed by atoms with Crippen molar-refractivity contribution >= 4 is 50.8 Å². The van der Waals surface area contributed by atoms with E-state index in [4.69, 9.17) is 21.7 Å². The van der Waals surface area contributed by atoms with Crippen LogP contribution < -0.4 is 15.4 Å². The lowest BCUT2D eigenvalue weighted by Crippen LogP contribution is -2.37. The maximum absolute atomic E-state index is 11.9. The van der Waals surface area contributed by atoms with E-state index in [9.17, 15) is 9.59 Å². The molecule has 0 aliphatic carbocycles. The molecule has 2 rings (SSSR count). The summed E-state index contributed by atoms with van der Waals surface area (Å²) in [5.74, 6) is -0.169. The third-order valence-electron chi connectivity index (χ3n) is 3.25. The number of ether oxygens (including phenoxy) is 2. The predicted molar refractivity (Wildman–Crippen MR) is 111 cm³/mol. The maximum atomic E-state index is 11.9. The van der Waals surface area contributed by atoms with E-state index < -0.39 is 0 Å². The highest BCUT2D eigenvalue weighted by Gasteiger charge is 2.08. The SMILES string of the molecule is CCCOC(=O)c1ccc(NC(=S)NC(=O)COc2ccc(Br)cc2)cc1. The number of anilines is 1. The minimum absolute atomic E-state index is 0.140. The molecule has 1 amide bonds. The Hall–Kier alpha value is -2.45. The number of esters is 1. The van der Waals surface area contributed by atoms with Crippen LogP contribution in [0.25, 0.3) is 0 Å². The molecule has 27 heavy (non-hydrogen) atoms. The fraction of sp³-hybridized carbons (Fsp3) is 0.211. The van der Waals surface area contributed by atoms with Crippen molar-refractivity contribution < 1.29 is 19.1 Å². The number of nitrogens with one attached hydrogen (secondary N) is 2. The Morgan fingerprint density at radius 3 is 2.37 bits per heavy atom. The monoisotopic (exact) mass is 450 g/mol. The van der Waals surface area contributed by atoms with Gasteiger partial charge in [-0.05, 0) is 67.2 Å².